The summed E-state index contributed by atoms with van der Waals surface area (Å²) in [6.07, 6.45) is 2.49. The molecule has 2 aliphatic rings. The summed E-state index contributed by atoms with van der Waals surface area (Å²) in [5.74, 6) is 0.893. The largest absolute Gasteiger partial charge is 0.396 e. The Hall–Kier alpha value is -0.0800. The van der Waals surface area contributed by atoms with Crippen LogP contribution in [0, 0.1) is 11.3 Å². The smallest absolute Gasteiger partial charge is 0.0499 e. The molecule has 0 amide bonds. The van der Waals surface area contributed by atoms with E-state index in [4.69, 9.17) is 5.11 Å². The molecule has 0 bridgehead atoms. The first kappa shape index (κ1) is 7.56. The SMILES string of the molecule is CC1CN(CC2(CO)CC2)C1. The molecule has 11 heavy (non-hydrogen) atoms. The van der Waals surface area contributed by atoms with E-state index in [2.05, 4.69) is 11.8 Å². The predicted molar refractivity (Wildman–Crippen MR) is 44.4 cm³/mol. The Bertz CT molecular complexity index is 148. The molecule has 0 atom stereocenters. The van der Waals surface area contributed by atoms with Gasteiger partial charge >= 0.3 is 0 Å². The van der Waals surface area contributed by atoms with Gasteiger partial charge in [0.25, 0.3) is 0 Å². The molecule has 1 N–H and O–H groups in total. The Kier molecular flexibility index (Phi) is 1.69. The number of hydrogen-bond acceptors (Lipinski definition) is 2. The van der Waals surface area contributed by atoms with Crippen LogP contribution < -0.4 is 0 Å². The Labute approximate surface area is 68.2 Å². The molecule has 2 nitrogen and oxygen atoms in total. The molecule has 0 radical (unpaired) electrons. The summed E-state index contributed by atoms with van der Waals surface area (Å²) >= 11 is 0. The highest BCUT2D eigenvalue weighted by atomic mass is 16.3. The lowest BCUT2D eigenvalue weighted by molar-refractivity contribution is 0.0661. The van der Waals surface area contributed by atoms with Gasteiger partial charge in [-0.05, 0) is 18.8 Å². The van der Waals surface area contributed by atoms with Crippen LogP contribution in [0.4, 0.5) is 0 Å². The van der Waals surface area contributed by atoms with Crippen LogP contribution in [0.25, 0.3) is 0 Å². The molecule has 1 heterocycles. The first-order chi connectivity index (χ1) is 5.24. The van der Waals surface area contributed by atoms with E-state index in [0.29, 0.717) is 12.0 Å². The van der Waals surface area contributed by atoms with Gasteiger partial charge in [-0.15, -0.1) is 0 Å². The van der Waals surface area contributed by atoms with E-state index < -0.39 is 0 Å². The van der Waals surface area contributed by atoms with Crippen molar-refractivity contribution in [2.45, 2.75) is 19.8 Å². The Balaban J connectivity index is 1.74. The van der Waals surface area contributed by atoms with Crippen LogP contribution in [0.15, 0.2) is 0 Å². The van der Waals surface area contributed by atoms with Crippen molar-refractivity contribution in [1.29, 1.82) is 0 Å². The van der Waals surface area contributed by atoms with Gasteiger partial charge < -0.3 is 10.0 Å². The summed E-state index contributed by atoms with van der Waals surface area (Å²) in [4.78, 5) is 2.47. The van der Waals surface area contributed by atoms with Crippen molar-refractivity contribution in [3.8, 4) is 0 Å². The van der Waals surface area contributed by atoms with Gasteiger partial charge in [0.1, 0.15) is 0 Å². The number of aliphatic hydroxyl groups excluding tert-OH is 1. The molecular formula is C9H17NO. The lowest BCUT2D eigenvalue weighted by atomic mass is 9.99. The molecule has 0 spiro atoms. The molecule has 1 aliphatic heterocycles. The maximum absolute atomic E-state index is 9.06. The molecule has 64 valence electrons. The molecule has 0 aromatic heterocycles. The molecule has 0 unspecified atom stereocenters. The highest BCUT2D eigenvalue weighted by molar-refractivity contribution is 4.96. The lowest BCUT2D eigenvalue weighted by Crippen LogP contribution is -2.48. The van der Waals surface area contributed by atoms with E-state index in [-0.39, 0.29) is 0 Å². The van der Waals surface area contributed by atoms with Gasteiger partial charge in [-0.1, -0.05) is 6.92 Å². The highest BCUT2D eigenvalue weighted by Gasteiger charge is 2.44. The fourth-order valence-electron chi connectivity index (χ4n) is 1.97. The second-order valence-corrected chi connectivity index (χ2v) is 4.46. The van der Waals surface area contributed by atoms with Gasteiger partial charge in [0.15, 0.2) is 0 Å². The van der Waals surface area contributed by atoms with Crippen LogP contribution in [0.2, 0.25) is 0 Å². The summed E-state index contributed by atoms with van der Waals surface area (Å²) in [5.41, 5.74) is 0.333. The summed E-state index contributed by atoms with van der Waals surface area (Å²) in [5, 5.41) is 9.06. The Morgan fingerprint density at radius 1 is 1.45 bits per heavy atom. The molecule has 2 fully saturated rings. The first-order valence-electron chi connectivity index (χ1n) is 4.57. The topological polar surface area (TPSA) is 23.5 Å². The van der Waals surface area contributed by atoms with E-state index in [1.54, 1.807) is 0 Å². The third-order valence-corrected chi connectivity index (χ3v) is 2.99. The van der Waals surface area contributed by atoms with Crippen LogP contribution in [-0.4, -0.2) is 36.2 Å². The Morgan fingerprint density at radius 3 is 2.45 bits per heavy atom. The summed E-state index contributed by atoms with van der Waals surface area (Å²) in [6.45, 7) is 6.34. The second kappa shape index (κ2) is 2.46. The van der Waals surface area contributed by atoms with Crippen molar-refractivity contribution in [3.05, 3.63) is 0 Å². The number of aliphatic hydroxyl groups is 1. The third kappa shape index (κ3) is 1.42. The Morgan fingerprint density at radius 2 is 2.09 bits per heavy atom. The zero-order chi connectivity index (χ0) is 7.90. The van der Waals surface area contributed by atoms with E-state index >= 15 is 0 Å². The average molecular weight is 155 g/mol. The summed E-state index contributed by atoms with van der Waals surface area (Å²) < 4.78 is 0. The van der Waals surface area contributed by atoms with Crippen LogP contribution in [0.3, 0.4) is 0 Å². The van der Waals surface area contributed by atoms with Crippen molar-refractivity contribution in [2.75, 3.05) is 26.2 Å². The van der Waals surface area contributed by atoms with E-state index in [1.165, 1.54) is 25.9 Å². The fraction of sp³-hybridized carbons (Fsp3) is 1.00. The van der Waals surface area contributed by atoms with Crippen LogP contribution in [0.1, 0.15) is 19.8 Å². The monoisotopic (exact) mass is 155 g/mol. The quantitative estimate of drug-likeness (QED) is 0.649. The highest BCUT2D eigenvalue weighted by Crippen LogP contribution is 2.46. The molecule has 1 saturated heterocycles. The third-order valence-electron chi connectivity index (χ3n) is 2.99. The van der Waals surface area contributed by atoms with Gasteiger partial charge in [0.2, 0.25) is 0 Å². The molecule has 1 aliphatic carbocycles. The van der Waals surface area contributed by atoms with Crippen molar-refractivity contribution < 1.29 is 5.11 Å². The van der Waals surface area contributed by atoms with Crippen LogP contribution >= 0.6 is 0 Å². The first-order valence-corrected chi connectivity index (χ1v) is 4.57. The molecule has 2 heteroatoms. The van der Waals surface area contributed by atoms with Gasteiger partial charge in [-0.25, -0.2) is 0 Å². The van der Waals surface area contributed by atoms with E-state index in [0.717, 1.165) is 12.5 Å². The number of hydrogen-bond donors (Lipinski definition) is 1. The zero-order valence-electron chi connectivity index (χ0n) is 7.21. The number of rotatable bonds is 3. The summed E-state index contributed by atoms with van der Waals surface area (Å²) in [7, 11) is 0. The van der Waals surface area contributed by atoms with Crippen LogP contribution in [0.5, 0.6) is 0 Å². The normalized spacial score (nSPS) is 30.0. The van der Waals surface area contributed by atoms with E-state index in [1.807, 2.05) is 0 Å². The fourth-order valence-corrected chi connectivity index (χ4v) is 1.97. The molecule has 0 aromatic rings. The zero-order valence-corrected chi connectivity index (χ0v) is 7.21. The lowest BCUT2D eigenvalue weighted by Gasteiger charge is -2.39. The number of nitrogens with zero attached hydrogens (tertiary/aromatic N) is 1. The van der Waals surface area contributed by atoms with Gasteiger partial charge in [-0.2, -0.15) is 0 Å². The predicted octanol–water partition coefficient (Wildman–Crippen LogP) is 0.711. The maximum Gasteiger partial charge on any atom is 0.0499 e. The second-order valence-electron chi connectivity index (χ2n) is 4.46. The van der Waals surface area contributed by atoms with Gasteiger partial charge in [-0.3, -0.25) is 0 Å². The van der Waals surface area contributed by atoms with Gasteiger partial charge in [0, 0.05) is 31.7 Å². The molecule has 2 rings (SSSR count). The molecule has 0 aromatic carbocycles. The minimum absolute atomic E-state index is 0.333. The van der Waals surface area contributed by atoms with Crippen molar-refractivity contribution in [3.63, 3.8) is 0 Å². The summed E-state index contributed by atoms with van der Waals surface area (Å²) in [6, 6.07) is 0. The molecule has 1 saturated carbocycles. The van der Waals surface area contributed by atoms with Crippen molar-refractivity contribution >= 4 is 0 Å². The number of likely N-dealkylation sites (tertiary alicyclic amines) is 1. The minimum atomic E-state index is 0.333. The van der Waals surface area contributed by atoms with Crippen LogP contribution in [-0.2, 0) is 0 Å². The standard InChI is InChI=1S/C9H17NO/c1-8-4-10(5-8)6-9(7-11)2-3-9/h8,11H,2-7H2,1H3. The maximum atomic E-state index is 9.06. The van der Waals surface area contributed by atoms with E-state index in [9.17, 15) is 0 Å². The minimum Gasteiger partial charge on any atom is -0.396 e. The van der Waals surface area contributed by atoms with Crippen molar-refractivity contribution in [2.24, 2.45) is 11.3 Å². The van der Waals surface area contributed by atoms with Gasteiger partial charge in [0.05, 0.1) is 0 Å². The molecular weight excluding hydrogens is 138 g/mol. The average Bonchev–Trinajstić information content (AvgIpc) is 2.66. The van der Waals surface area contributed by atoms with Crippen molar-refractivity contribution in [1.82, 2.24) is 4.90 Å².